The van der Waals surface area contributed by atoms with Gasteiger partial charge in [-0.2, -0.15) is 0 Å². The van der Waals surface area contributed by atoms with Gasteiger partial charge in [-0.15, -0.1) is 0 Å². The van der Waals surface area contributed by atoms with Crippen molar-refractivity contribution in [1.29, 1.82) is 0 Å². The van der Waals surface area contributed by atoms with Crippen LogP contribution in [0.3, 0.4) is 0 Å². The van der Waals surface area contributed by atoms with Crippen molar-refractivity contribution in [2.24, 2.45) is 5.73 Å². The maximum atomic E-state index is 12.6. The van der Waals surface area contributed by atoms with Crippen LogP contribution in [-0.2, 0) is 27.9 Å². The topological polar surface area (TPSA) is 117 Å². The molecule has 3 N–H and O–H groups in total. The second-order valence-electron chi connectivity index (χ2n) is 16.0. The van der Waals surface area contributed by atoms with Crippen molar-refractivity contribution >= 4 is 13.8 Å². The van der Waals surface area contributed by atoms with Gasteiger partial charge in [0.15, 0.2) is 0 Å². The van der Waals surface area contributed by atoms with Crippen molar-refractivity contribution in [2.75, 3.05) is 33.0 Å². The molecule has 0 saturated carbocycles. The fourth-order valence-corrected chi connectivity index (χ4v) is 7.62. The van der Waals surface area contributed by atoms with E-state index >= 15 is 0 Å². The average Bonchev–Trinajstić information content (AvgIpc) is 3.19. The zero-order chi connectivity index (χ0) is 40.9. The number of ether oxygens (including phenoxy) is 2. The van der Waals surface area contributed by atoms with Crippen LogP contribution in [0.25, 0.3) is 0 Å². The molecule has 0 fully saturated rings. The average molecular weight is 814 g/mol. The SMILES string of the molecule is CCCCCCC/C=C\C/C=C\CCCCCCCCCCCC(=O)OC(COCCCCCCCCCCCCCCCCCC)COP(=O)(O)OCCN. The summed E-state index contributed by atoms with van der Waals surface area (Å²) < 4.78 is 33.5. The summed E-state index contributed by atoms with van der Waals surface area (Å²) in [6.07, 6.45) is 50.5. The molecule has 0 spiro atoms. The van der Waals surface area contributed by atoms with Gasteiger partial charge in [0.05, 0.1) is 19.8 Å². The van der Waals surface area contributed by atoms with Gasteiger partial charge in [0.2, 0.25) is 0 Å². The van der Waals surface area contributed by atoms with E-state index in [1.807, 2.05) is 0 Å². The molecule has 0 aliphatic carbocycles. The summed E-state index contributed by atoms with van der Waals surface area (Å²) in [7, 11) is -4.28. The highest BCUT2D eigenvalue weighted by Gasteiger charge is 2.25. The number of allylic oxidation sites excluding steroid dienone is 4. The minimum Gasteiger partial charge on any atom is -0.457 e. The Morgan fingerprint density at radius 1 is 0.536 bits per heavy atom. The molecule has 0 bridgehead atoms. The summed E-state index contributed by atoms with van der Waals surface area (Å²) in [4.78, 5) is 22.5. The summed E-state index contributed by atoms with van der Waals surface area (Å²) in [6.45, 7) is 4.95. The molecule has 0 heterocycles. The Labute approximate surface area is 346 Å². The lowest BCUT2D eigenvalue weighted by atomic mass is 10.0. The predicted octanol–water partition coefficient (Wildman–Crippen LogP) is 14.4. The van der Waals surface area contributed by atoms with E-state index in [1.54, 1.807) is 0 Å². The van der Waals surface area contributed by atoms with E-state index in [4.69, 9.17) is 24.3 Å². The van der Waals surface area contributed by atoms with E-state index in [9.17, 15) is 14.3 Å². The standard InChI is InChI=1S/C47H92NO7P/c1-3-5-7-9-11-13-15-17-19-21-22-23-24-25-26-28-30-32-34-36-38-40-47(49)55-46(45-54-56(50,51)53-43-41-48)44-52-42-39-37-35-33-31-29-27-20-18-16-14-12-10-8-6-4-2/h15,17,21-22,46H,3-14,16,18-20,23-45,48H2,1-2H3,(H,50,51)/b17-15-,22-21-. The van der Waals surface area contributed by atoms with Crippen molar-refractivity contribution in [2.45, 2.75) is 238 Å². The van der Waals surface area contributed by atoms with Gasteiger partial charge in [0.1, 0.15) is 6.10 Å². The van der Waals surface area contributed by atoms with Crippen molar-refractivity contribution in [3.63, 3.8) is 0 Å². The first-order chi connectivity index (χ1) is 27.4. The van der Waals surface area contributed by atoms with Crippen LogP contribution in [-0.4, -0.2) is 49.9 Å². The molecule has 0 amide bonds. The molecular formula is C47H92NO7P. The second-order valence-corrected chi connectivity index (χ2v) is 17.4. The van der Waals surface area contributed by atoms with Crippen LogP contribution in [0, 0.1) is 0 Å². The molecular weight excluding hydrogens is 721 g/mol. The molecule has 0 radical (unpaired) electrons. The Bertz CT molecular complexity index is 915. The van der Waals surface area contributed by atoms with Gasteiger partial charge in [-0.3, -0.25) is 13.8 Å². The molecule has 332 valence electrons. The fraction of sp³-hybridized carbons (Fsp3) is 0.894. The number of hydrogen-bond acceptors (Lipinski definition) is 7. The third-order valence-electron chi connectivity index (χ3n) is 10.4. The van der Waals surface area contributed by atoms with E-state index in [0.717, 1.165) is 38.5 Å². The normalized spacial score (nSPS) is 13.6. The number of rotatable bonds is 46. The van der Waals surface area contributed by atoms with Crippen molar-refractivity contribution in [3.8, 4) is 0 Å². The minimum atomic E-state index is -4.28. The molecule has 2 atom stereocenters. The summed E-state index contributed by atoms with van der Waals surface area (Å²) in [6, 6.07) is 0. The van der Waals surface area contributed by atoms with Crippen LogP contribution in [0.15, 0.2) is 24.3 Å². The van der Waals surface area contributed by atoms with Gasteiger partial charge in [-0.25, -0.2) is 4.57 Å². The zero-order valence-electron chi connectivity index (χ0n) is 36.9. The van der Waals surface area contributed by atoms with Crippen LogP contribution in [0.4, 0.5) is 0 Å². The molecule has 56 heavy (non-hydrogen) atoms. The molecule has 0 aromatic heterocycles. The van der Waals surface area contributed by atoms with E-state index < -0.39 is 13.9 Å². The predicted molar refractivity (Wildman–Crippen MR) is 238 cm³/mol. The van der Waals surface area contributed by atoms with Gasteiger partial charge >= 0.3 is 13.8 Å². The number of carbonyl (C=O) groups excluding carboxylic acids is 1. The van der Waals surface area contributed by atoms with E-state index in [-0.39, 0.29) is 32.3 Å². The van der Waals surface area contributed by atoms with Crippen molar-refractivity contribution in [1.82, 2.24) is 0 Å². The van der Waals surface area contributed by atoms with Gasteiger partial charge < -0.3 is 20.1 Å². The Balaban J connectivity index is 3.96. The van der Waals surface area contributed by atoms with E-state index in [0.29, 0.717) is 13.0 Å². The minimum absolute atomic E-state index is 0.0940. The number of esters is 1. The van der Waals surface area contributed by atoms with Crippen LogP contribution < -0.4 is 5.73 Å². The molecule has 2 unspecified atom stereocenters. The summed E-state index contributed by atoms with van der Waals surface area (Å²) in [5, 5.41) is 0. The summed E-state index contributed by atoms with van der Waals surface area (Å²) >= 11 is 0. The second kappa shape index (κ2) is 45.1. The lowest BCUT2D eigenvalue weighted by Crippen LogP contribution is -2.28. The first-order valence-corrected chi connectivity index (χ1v) is 25.3. The van der Waals surface area contributed by atoms with Gasteiger partial charge in [-0.1, -0.05) is 205 Å². The van der Waals surface area contributed by atoms with Crippen LogP contribution in [0.5, 0.6) is 0 Å². The number of nitrogens with two attached hydrogens (primary N) is 1. The van der Waals surface area contributed by atoms with Gasteiger partial charge in [-0.05, 0) is 44.9 Å². The first-order valence-electron chi connectivity index (χ1n) is 23.8. The molecule has 0 aliphatic rings. The highest BCUT2D eigenvalue weighted by molar-refractivity contribution is 7.47. The number of carbonyl (C=O) groups is 1. The van der Waals surface area contributed by atoms with Gasteiger partial charge in [0.25, 0.3) is 0 Å². The molecule has 0 aromatic carbocycles. The fourth-order valence-electron chi connectivity index (χ4n) is 6.85. The third-order valence-corrected chi connectivity index (χ3v) is 11.4. The first kappa shape index (κ1) is 55.0. The van der Waals surface area contributed by atoms with E-state index in [1.165, 1.54) is 173 Å². The van der Waals surface area contributed by atoms with Crippen molar-refractivity contribution < 1.29 is 32.8 Å². The number of phosphoric ester groups is 1. The maximum absolute atomic E-state index is 12.6. The smallest absolute Gasteiger partial charge is 0.457 e. The monoisotopic (exact) mass is 814 g/mol. The molecule has 0 rings (SSSR count). The van der Waals surface area contributed by atoms with Crippen molar-refractivity contribution in [3.05, 3.63) is 24.3 Å². The van der Waals surface area contributed by atoms with E-state index in [2.05, 4.69) is 38.2 Å². The molecule has 8 nitrogen and oxygen atoms in total. The van der Waals surface area contributed by atoms with Crippen LogP contribution in [0.1, 0.15) is 232 Å². The Kier molecular flexibility index (Phi) is 44.3. The number of hydrogen-bond donors (Lipinski definition) is 2. The highest BCUT2D eigenvalue weighted by Crippen LogP contribution is 2.43. The lowest BCUT2D eigenvalue weighted by Gasteiger charge is -2.20. The zero-order valence-corrected chi connectivity index (χ0v) is 37.8. The Morgan fingerprint density at radius 3 is 1.39 bits per heavy atom. The largest absolute Gasteiger partial charge is 0.472 e. The number of phosphoric acid groups is 1. The van der Waals surface area contributed by atoms with Crippen LogP contribution in [0.2, 0.25) is 0 Å². The summed E-state index contributed by atoms with van der Waals surface area (Å²) in [5.74, 6) is -0.330. The molecule has 0 saturated heterocycles. The molecule has 0 aliphatic heterocycles. The third kappa shape index (κ3) is 44.1. The lowest BCUT2D eigenvalue weighted by molar-refractivity contribution is -0.154. The quantitative estimate of drug-likeness (QED) is 0.0270. The molecule has 0 aromatic rings. The van der Waals surface area contributed by atoms with Gasteiger partial charge in [0, 0.05) is 19.6 Å². The molecule has 9 heteroatoms. The van der Waals surface area contributed by atoms with Crippen LogP contribution >= 0.6 is 7.82 Å². The number of unbranched alkanes of at least 4 members (excludes halogenated alkanes) is 29. The Morgan fingerprint density at radius 2 is 0.946 bits per heavy atom. The summed E-state index contributed by atoms with van der Waals surface area (Å²) in [5.41, 5.74) is 5.38. The Hall–Kier alpha value is -1.02. The highest BCUT2D eigenvalue weighted by atomic mass is 31.2. The maximum Gasteiger partial charge on any atom is 0.472 e.